The van der Waals surface area contributed by atoms with Gasteiger partial charge in [0.05, 0.1) is 0 Å². The molecule has 0 aliphatic carbocycles. The van der Waals surface area contributed by atoms with Gasteiger partial charge in [-0.25, -0.2) is 0 Å². The van der Waals surface area contributed by atoms with Crippen LogP contribution in [0.15, 0.2) is 29.4 Å². The molecule has 0 N–H and O–H groups in total. The Balaban J connectivity index is 3.05. The van der Waals surface area contributed by atoms with Crippen LogP contribution in [0.3, 0.4) is 0 Å². The van der Waals surface area contributed by atoms with Crippen LogP contribution in [0.5, 0.6) is 0 Å². The summed E-state index contributed by atoms with van der Waals surface area (Å²) in [4.78, 5) is 23.5. The molecule has 0 aliphatic heterocycles. The lowest BCUT2D eigenvalue weighted by Crippen LogP contribution is -2.17. The first-order valence-electron chi connectivity index (χ1n) is 7.17. The van der Waals surface area contributed by atoms with Crippen molar-refractivity contribution in [3.8, 4) is 0 Å². The fourth-order valence-electron chi connectivity index (χ4n) is 2.35. The van der Waals surface area contributed by atoms with Crippen molar-refractivity contribution in [3.63, 3.8) is 0 Å². The Labute approximate surface area is 120 Å². The lowest BCUT2D eigenvalue weighted by atomic mass is 9.88. The average Bonchev–Trinajstić information content (AvgIpc) is 2.49. The van der Waals surface area contributed by atoms with Crippen LogP contribution in [0.25, 0.3) is 0 Å². The van der Waals surface area contributed by atoms with Crippen molar-refractivity contribution >= 4 is 5.78 Å². The van der Waals surface area contributed by atoms with E-state index in [2.05, 4.69) is 12.1 Å². The van der Waals surface area contributed by atoms with Crippen LogP contribution >= 0.6 is 0 Å². The second-order valence-corrected chi connectivity index (χ2v) is 4.89. The summed E-state index contributed by atoms with van der Waals surface area (Å²) >= 11 is 0. The van der Waals surface area contributed by atoms with Gasteiger partial charge in [0.15, 0.2) is 5.78 Å². The molecule has 0 bridgehead atoms. The van der Waals surface area contributed by atoms with Gasteiger partial charge in [0.1, 0.15) is 0 Å². The van der Waals surface area contributed by atoms with Crippen LogP contribution in [0.2, 0.25) is 0 Å². The van der Waals surface area contributed by atoms with E-state index in [4.69, 9.17) is 4.74 Å². The van der Waals surface area contributed by atoms with Crippen LogP contribution in [0.1, 0.15) is 61.7 Å². The first-order chi connectivity index (χ1) is 9.69. The average molecular weight is 277 g/mol. The highest BCUT2D eigenvalue weighted by molar-refractivity contribution is 5.99. The Kier molecular flexibility index (Phi) is 7.09. The molecule has 110 valence electrons. The fourth-order valence-corrected chi connectivity index (χ4v) is 2.35. The minimum Gasteiger partial charge on any atom is -0.353 e. The minimum atomic E-state index is -0.918. The summed E-state index contributed by atoms with van der Waals surface area (Å²) in [5, 5.41) is 2.94. The third-order valence-electron chi connectivity index (χ3n) is 3.58. The number of ether oxygens (including phenoxy) is 1. The smallest absolute Gasteiger partial charge is 0.216 e. The zero-order valence-electron chi connectivity index (χ0n) is 12.5. The molecule has 1 aromatic rings. The Hall–Kier alpha value is -1.55. The number of unbranched alkanes of at least 4 members (excludes halogenated alkanes) is 1. The standard InChI is InChI=1S/C16H23NO3/c1-4-6-9-12(5-2)15(18)13-10-7-8-11-14(13)16(17-19)20-3/h7-8,10-12,16H,4-6,9H2,1-3H3. The van der Waals surface area contributed by atoms with Crippen molar-refractivity contribution in [2.45, 2.75) is 45.8 Å². The molecule has 0 amide bonds. The van der Waals surface area contributed by atoms with Gasteiger partial charge >= 0.3 is 0 Å². The molecular weight excluding hydrogens is 254 g/mol. The number of hydrogen-bond donors (Lipinski definition) is 0. The fraction of sp³-hybridized carbons (Fsp3) is 0.562. The van der Waals surface area contributed by atoms with E-state index in [-0.39, 0.29) is 11.7 Å². The van der Waals surface area contributed by atoms with Crippen LogP contribution in [-0.2, 0) is 4.74 Å². The first kappa shape index (κ1) is 16.5. The topological polar surface area (TPSA) is 55.7 Å². The number of Topliss-reactive ketones (excluding diaryl/α,β-unsaturated/α-hetero) is 1. The lowest BCUT2D eigenvalue weighted by molar-refractivity contribution is 0.0882. The minimum absolute atomic E-state index is 0.000239. The predicted molar refractivity (Wildman–Crippen MR) is 79.6 cm³/mol. The lowest BCUT2D eigenvalue weighted by Gasteiger charge is -2.17. The summed E-state index contributed by atoms with van der Waals surface area (Å²) in [7, 11) is 1.42. The van der Waals surface area contributed by atoms with Gasteiger partial charge in [0.25, 0.3) is 0 Å². The number of ketones is 1. The number of nitrogens with zero attached hydrogens (tertiary/aromatic N) is 1. The molecule has 0 saturated carbocycles. The Morgan fingerprint density at radius 2 is 2.00 bits per heavy atom. The maximum atomic E-state index is 12.6. The van der Waals surface area contributed by atoms with Crippen molar-refractivity contribution in [3.05, 3.63) is 40.3 Å². The molecule has 2 atom stereocenters. The number of rotatable bonds is 9. The molecule has 0 radical (unpaired) electrons. The third kappa shape index (κ3) is 3.97. The third-order valence-corrected chi connectivity index (χ3v) is 3.58. The second-order valence-electron chi connectivity index (χ2n) is 4.89. The van der Waals surface area contributed by atoms with E-state index in [9.17, 15) is 9.70 Å². The summed E-state index contributed by atoms with van der Waals surface area (Å²) in [6, 6.07) is 7.08. The normalized spacial score (nSPS) is 13.8. The van der Waals surface area contributed by atoms with Crippen molar-refractivity contribution in [2.75, 3.05) is 7.11 Å². The van der Waals surface area contributed by atoms with Crippen molar-refractivity contribution in [1.82, 2.24) is 0 Å². The molecule has 1 rings (SSSR count). The van der Waals surface area contributed by atoms with E-state index < -0.39 is 6.23 Å². The molecule has 0 fully saturated rings. The SMILES string of the molecule is CCCCC(CC)C(=O)c1ccccc1C(N=O)OC. The Morgan fingerprint density at radius 1 is 1.30 bits per heavy atom. The predicted octanol–water partition coefficient (Wildman–Crippen LogP) is 4.50. The zero-order valence-corrected chi connectivity index (χ0v) is 12.5. The first-order valence-corrected chi connectivity index (χ1v) is 7.17. The van der Waals surface area contributed by atoms with E-state index in [0.717, 1.165) is 25.7 Å². The van der Waals surface area contributed by atoms with E-state index in [0.29, 0.717) is 11.1 Å². The van der Waals surface area contributed by atoms with Gasteiger partial charge < -0.3 is 4.74 Å². The summed E-state index contributed by atoms with van der Waals surface area (Å²) in [5.41, 5.74) is 1.12. The van der Waals surface area contributed by atoms with Gasteiger partial charge in [-0.2, -0.15) is 0 Å². The zero-order chi connectivity index (χ0) is 15.0. The molecule has 0 heterocycles. The molecule has 4 nitrogen and oxygen atoms in total. The van der Waals surface area contributed by atoms with Crippen LogP contribution in [0.4, 0.5) is 0 Å². The number of hydrogen-bond acceptors (Lipinski definition) is 4. The molecule has 1 aromatic carbocycles. The highest BCUT2D eigenvalue weighted by atomic mass is 16.5. The van der Waals surface area contributed by atoms with Gasteiger partial charge in [-0.3, -0.25) is 4.79 Å². The maximum Gasteiger partial charge on any atom is 0.216 e. The summed E-state index contributed by atoms with van der Waals surface area (Å²) in [6.45, 7) is 4.13. The number of carbonyl (C=O) groups excluding carboxylic acids is 1. The second kappa shape index (κ2) is 8.59. The van der Waals surface area contributed by atoms with Gasteiger partial charge in [-0.15, -0.1) is 4.91 Å². The summed E-state index contributed by atoms with van der Waals surface area (Å²) in [6.07, 6.45) is 2.87. The van der Waals surface area contributed by atoms with Crippen LogP contribution in [-0.4, -0.2) is 12.9 Å². The molecule has 4 heteroatoms. The molecular formula is C16H23NO3. The number of nitroso groups, excluding NO2 is 1. The Bertz CT molecular complexity index is 445. The largest absolute Gasteiger partial charge is 0.353 e. The van der Waals surface area contributed by atoms with E-state index in [1.54, 1.807) is 24.3 Å². The van der Waals surface area contributed by atoms with E-state index in [1.165, 1.54) is 7.11 Å². The highest BCUT2D eigenvalue weighted by Gasteiger charge is 2.24. The molecule has 20 heavy (non-hydrogen) atoms. The van der Waals surface area contributed by atoms with Crippen LogP contribution in [0, 0.1) is 10.8 Å². The number of benzene rings is 1. The molecule has 0 saturated heterocycles. The van der Waals surface area contributed by atoms with Crippen LogP contribution < -0.4 is 0 Å². The molecule has 2 unspecified atom stereocenters. The monoisotopic (exact) mass is 277 g/mol. The van der Waals surface area contributed by atoms with Crippen molar-refractivity contribution < 1.29 is 9.53 Å². The molecule has 0 aliphatic rings. The van der Waals surface area contributed by atoms with Gasteiger partial charge in [0, 0.05) is 24.2 Å². The maximum absolute atomic E-state index is 12.6. The Morgan fingerprint density at radius 3 is 2.55 bits per heavy atom. The van der Waals surface area contributed by atoms with Gasteiger partial charge in [-0.1, -0.05) is 51.0 Å². The summed E-state index contributed by atoms with van der Waals surface area (Å²) < 4.78 is 5.04. The number of carbonyl (C=O) groups is 1. The molecule has 0 spiro atoms. The van der Waals surface area contributed by atoms with Gasteiger partial charge in [-0.05, 0) is 18.0 Å². The number of methoxy groups -OCH3 is 1. The quantitative estimate of drug-likeness (QED) is 0.493. The van der Waals surface area contributed by atoms with E-state index in [1.807, 2.05) is 6.92 Å². The van der Waals surface area contributed by atoms with Crippen molar-refractivity contribution in [2.24, 2.45) is 11.1 Å². The van der Waals surface area contributed by atoms with Crippen molar-refractivity contribution in [1.29, 1.82) is 0 Å². The summed E-state index contributed by atoms with van der Waals surface area (Å²) in [5.74, 6) is 0.0857. The van der Waals surface area contributed by atoms with Gasteiger partial charge in [0.2, 0.25) is 6.23 Å². The molecule has 0 aromatic heterocycles. The van der Waals surface area contributed by atoms with E-state index >= 15 is 0 Å². The highest BCUT2D eigenvalue weighted by Crippen LogP contribution is 2.26.